The van der Waals surface area contributed by atoms with Crippen LogP contribution in [0.25, 0.3) is 5.57 Å². The highest BCUT2D eigenvalue weighted by Crippen LogP contribution is 2.37. The van der Waals surface area contributed by atoms with Crippen LogP contribution in [0, 0.1) is 0 Å². The molecule has 0 saturated heterocycles. The lowest BCUT2D eigenvalue weighted by atomic mass is 9.93. The van der Waals surface area contributed by atoms with E-state index in [-0.39, 0.29) is 0 Å². The van der Waals surface area contributed by atoms with Crippen molar-refractivity contribution >= 4 is 5.57 Å². The van der Waals surface area contributed by atoms with Crippen molar-refractivity contribution in [1.29, 1.82) is 0 Å². The molecule has 0 unspecified atom stereocenters. The first-order chi connectivity index (χ1) is 12.2. The largest absolute Gasteiger partial charge is 0.0995 e. The molecule has 0 heteroatoms. The van der Waals surface area contributed by atoms with Gasteiger partial charge in [0.2, 0.25) is 0 Å². The molecule has 0 heterocycles. The van der Waals surface area contributed by atoms with Crippen molar-refractivity contribution in [3.05, 3.63) is 101 Å². The first-order valence-corrected chi connectivity index (χ1v) is 9.35. The van der Waals surface area contributed by atoms with Gasteiger partial charge in [0.1, 0.15) is 0 Å². The zero-order chi connectivity index (χ0) is 17.6. The summed E-state index contributed by atoms with van der Waals surface area (Å²) < 4.78 is 0. The summed E-state index contributed by atoms with van der Waals surface area (Å²) in [7, 11) is 0. The van der Waals surface area contributed by atoms with Crippen molar-refractivity contribution in [3.8, 4) is 0 Å². The Morgan fingerprint density at radius 2 is 1.72 bits per heavy atom. The lowest BCUT2D eigenvalue weighted by Gasteiger charge is -2.12. The van der Waals surface area contributed by atoms with E-state index in [9.17, 15) is 0 Å². The molecule has 25 heavy (non-hydrogen) atoms. The van der Waals surface area contributed by atoms with Gasteiger partial charge >= 0.3 is 0 Å². The van der Waals surface area contributed by atoms with E-state index in [2.05, 4.69) is 81.1 Å². The molecule has 0 fully saturated rings. The highest BCUT2D eigenvalue weighted by atomic mass is 14.2. The van der Waals surface area contributed by atoms with E-state index in [1.807, 2.05) is 0 Å². The summed E-state index contributed by atoms with van der Waals surface area (Å²) in [5.74, 6) is 0. The summed E-state index contributed by atoms with van der Waals surface area (Å²) in [5, 5.41) is 0. The van der Waals surface area contributed by atoms with Gasteiger partial charge in [0.15, 0.2) is 0 Å². The molecule has 0 saturated carbocycles. The zero-order valence-corrected chi connectivity index (χ0v) is 15.5. The molecular formula is C25H28. The van der Waals surface area contributed by atoms with Crippen LogP contribution >= 0.6 is 0 Å². The van der Waals surface area contributed by atoms with Gasteiger partial charge in [0.05, 0.1) is 0 Å². The fraction of sp³-hybridized carbons (Fsp3) is 0.280. The number of hydrogen-bond donors (Lipinski definition) is 0. The molecule has 128 valence electrons. The molecular weight excluding hydrogens is 300 g/mol. The molecule has 2 aromatic carbocycles. The fourth-order valence-corrected chi connectivity index (χ4v) is 3.66. The molecule has 0 radical (unpaired) electrons. The Labute approximate surface area is 152 Å². The highest BCUT2D eigenvalue weighted by molar-refractivity contribution is 5.76. The summed E-state index contributed by atoms with van der Waals surface area (Å²) in [5.41, 5.74) is 10.1. The Kier molecular flexibility index (Phi) is 5.71. The maximum Gasteiger partial charge on any atom is -0.00520 e. The number of benzene rings is 2. The summed E-state index contributed by atoms with van der Waals surface area (Å²) in [4.78, 5) is 0. The molecule has 0 amide bonds. The van der Waals surface area contributed by atoms with Gasteiger partial charge in [0, 0.05) is 0 Å². The van der Waals surface area contributed by atoms with E-state index in [0.29, 0.717) is 0 Å². The molecule has 0 bridgehead atoms. The van der Waals surface area contributed by atoms with E-state index < -0.39 is 0 Å². The average Bonchev–Trinajstić information content (AvgIpc) is 3.01. The number of hydrogen-bond acceptors (Lipinski definition) is 0. The molecule has 0 aromatic heterocycles. The summed E-state index contributed by atoms with van der Waals surface area (Å²) >= 11 is 0. The van der Waals surface area contributed by atoms with Crippen molar-refractivity contribution in [3.63, 3.8) is 0 Å². The number of aryl methyl sites for hydroxylation is 2. The third kappa shape index (κ3) is 4.39. The van der Waals surface area contributed by atoms with Gasteiger partial charge in [0.25, 0.3) is 0 Å². The van der Waals surface area contributed by atoms with Crippen LogP contribution in [0.1, 0.15) is 49.8 Å². The average molecular weight is 328 g/mol. The quantitative estimate of drug-likeness (QED) is 0.483. The maximum atomic E-state index is 4.34. The van der Waals surface area contributed by atoms with Gasteiger partial charge in [-0.05, 0) is 61.3 Å². The topological polar surface area (TPSA) is 0 Å². The third-order valence-corrected chi connectivity index (χ3v) is 5.17. The SMILES string of the molecule is C=C(CCc1ccccc1)CC1=C(C)C=C(c2ccccc2CC)C1. The van der Waals surface area contributed by atoms with Crippen molar-refractivity contribution < 1.29 is 0 Å². The molecule has 0 N–H and O–H groups in total. The van der Waals surface area contributed by atoms with Crippen LogP contribution in [-0.2, 0) is 12.8 Å². The lowest BCUT2D eigenvalue weighted by Crippen LogP contribution is -1.93. The second kappa shape index (κ2) is 8.16. The zero-order valence-electron chi connectivity index (χ0n) is 15.5. The number of rotatable bonds is 7. The summed E-state index contributed by atoms with van der Waals surface area (Å²) in [6.45, 7) is 8.83. The molecule has 0 nitrogen and oxygen atoms in total. The van der Waals surface area contributed by atoms with Crippen LogP contribution in [0.5, 0.6) is 0 Å². The van der Waals surface area contributed by atoms with Gasteiger partial charge < -0.3 is 0 Å². The second-order valence-electron chi connectivity index (χ2n) is 7.06. The smallest absolute Gasteiger partial charge is 0.00520 e. The monoisotopic (exact) mass is 328 g/mol. The standard InChI is InChI=1S/C25H28/c1-4-22-12-8-9-13-25(22)24-17-20(3)23(18-24)16-19(2)14-15-21-10-6-5-7-11-21/h5-13,17H,2,4,14-16,18H2,1,3H3. The van der Waals surface area contributed by atoms with Crippen LogP contribution < -0.4 is 0 Å². The van der Waals surface area contributed by atoms with Gasteiger partial charge in [-0.15, -0.1) is 0 Å². The fourth-order valence-electron chi connectivity index (χ4n) is 3.66. The normalized spacial score (nSPS) is 13.9. The van der Waals surface area contributed by atoms with Crippen molar-refractivity contribution in [2.75, 3.05) is 0 Å². The molecule has 1 aliphatic carbocycles. The van der Waals surface area contributed by atoms with Crippen LogP contribution in [0.3, 0.4) is 0 Å². The van der Waals surface area contributed by atoms with Gasteiger partial charge in [-0.3, -0.25) is 0 Å². The number of allylic oxidation sites excluding steroid dienone is 5. The predicted octanol–water partition coefficient (Wildman–Crippen LogP) is 6.93. The minimum Gasteiger partial charge on any atom is -0.0995 e. The van der Waals surface area contributed by atoms with Crippen LogP contribution in [0.4, 0.5) is 0 Å². The predicted molar refractivity (Wildman–Crippen MR) is 110 cm³/mol. The van der Waals surface area contributed by atoms with Crippen molar-refractivity contribution in [2.45, 2.75) is 46.0 Å². The molecule has 1 aliphatic rings. The van der Waals surface area contributed by atoms with E-state index in [1.165, 1.54) is 33.4 Å². The molecule has 3 rings (SSSR count). The van der Waals surface area contributed by atoms with Crippen LogP contribution in [0.15, 0.2) is 84.0 Å². The highest BCUT2D eigenvalue weighted by Gasteiger charge is 2.17. The lowest BCUT2D eigenvalue weighted by molar-refractivity contribution is 0.888. The first kappa shape index (κ1) is 17.5. The third-order valence-electron chi connectivity index (χ3n) is 5.17. The molecule has 0 spiro atoms. The van der Waals surface area contributed by atoms with Crippen LogP contribution in [-0.4, -0.2) is 0 Å². The Bertz CT molecular complexity index is 803. The van der Waals surface area contributed by atoms with Gasteiger partial charge in [-0.1, -0.05) is 90.9 Å². The van der Waals surface area contributed by atoms with Crippen molar-refractivity contribution in [1.82, 2.24) is 0 Å². The minimum absolute atomic E-state index is 1.03. The van der Waals surface area contributed by atoms with E-state index in [4.69, 9.17) is 0 Å². The second-order valence-corrected chi connectivity index (χ2v) is 7.06. The Balaban J connectivity index is 1.60. The Morgan fingerprint density at radius 1 is 1.00 bits per heavy atom. The van der Waals surface area contributed by atoms with E-state index >= 15 is 0 Å². The summed E-state index contributed by atoms with van der Waals surface area (Å²) in [6, 6.07) is 19.5. The molecule has 2 aromatic rings. The summed E-state index contributed by atoms with van der Waals surface area (Å²) in [6.07, 6.45) is 7.74. The molecule has 0 aliphatic heterocycles. The Hall–Kier alpha value is -2.34. The van der Waals surface area contributed by atoms with Gasteiger partial charge in [-0.25, -0.2) is 0 Å². The van der Waals surface area contributed by atoms with E-state index in [0.717, 1.165) is 32.1 Å². The van der Waals surface area contributed by atoms with Crippen molar-refractivity contribution in [2.24, 2.45) is 0 Å². The van der Waals surface area contributed by atoms with Gasteiger partial charge in [-0.2, -0.15) is 0 Å². The first-order valence-electron chi connectivity index (χ1n) is 9.35. The van der Waals surface area contributed by atoms with Crippen LogP contribution in [0.2, 0.25) is 0 Å². The Morgan fingerprint density at radius 3 is 2.48 bits per heavy atom. The maximum absolute atomic E-state index is 4.34. The van der Waals surface area contributed by atoms with E-state index in [1.54, 1.807) is 5.57 Å². The minimum atomic E-state index is 1.03. The molecule has 0 atom stereocenters.